The second-order valence-corrected chi connectivity index (χ2v) is 5.07. The number of thiocarbonyl (C=S) groups is 1. The quantitative estimate of drug-likeness (QED) is 0.694. The van der Waals surface area contributed by atoms with Crippen LogP contribution >= 0.6 is 12.2 Å². The number of benzene rings is 1. The summed E-state index contributed by atoms with van der Waals surface area (Å²) in [6.45, 7) is 4.64. The van der Waals surface area contributed by atoms with Crippen LogP contribution in [-0.2, 0) is 6.42 Å². The summed E-state index contributed by atoms with van der Waals surface area (Å²) >= 11 is 5.15. The van der Waals surface area contributed by atoms with Crippen molar-refractivity contribution in [2.24, 2.45) is 0 Å². The molecular formula is C13H20N2OS. The number of nitrogens with one attached hydrogen (secondary N) is 2. The Morgan fingerprint density at radius 1 is 1.29 bits per heavy atom. The molecule has 0 saturated carbocycles. The minimum atomic E-state index is -0.378. The van der Waals surface area contributed by atoms with E-state index in [1.165, 1.54) is 5.56 Å². The molecule has 0 heterocycles. The fourth-order valence-electron chi connectivity index (χ4n) is 1.36. The third-order valence-corrected chi connectivity index (χ3v) is 2.64. The minimum Gasteiger partial charge on any atom is -0.394 e. The summed E-state index contributed by atoms with van der Waals surface area (Å²) in [7, 11) is 0. The number of rotatable bonds is 5. The van der Waals surface area contributed by atoms with Gasteiger partial charge in [-0.3, -0.25) is 0 Å². The molecule has 0 aliphatic carbocycles. The molecule has 0 aliphatic rings. The van der Waals surface area contributed by atoms with E-state index in [1.54, 1.807) is 0 Å². The highest BCUT2D eigenvalue weighted by Gasteiger charge is 2.16. The first-order chi connectivity index (χ1) is 8.03. The summed E-state index contributed by atoms with van der Waals surface area (Å²) in [6.07, 6.45) is 0.933. The van der Waals surface area contributed by atoms with Gasteiger partial charge in [0.05, 0.1) is 12.1 Å². The molecule has 0 amide bonds. The standard InChI is InChI=1S/C13H20N2OS/c1-13(2,10-16)15-12(17)14-9-8-11-6-4-3-5-7-11/h3-7,16H,8-10H2,1-2H3,(H2,14,15,17). The molecule has 0 aromatic heterocycles. The average molecular weight is 252 g/mol. The molecule has 0 fully saturated rings. The molecular weight excluding hydrogens is 232 g/mol. The number of aliphatic hydroxyl groups excluding tert-OH is 1. The lowest BCUT2D eigenvalue weighted by molar-refractivity contribution is 0.206. The van der Waals surface area contributed by atoms with Crippen molar-refractivity contribution in [1.82, 2.24) is 10.6 Å². The predicted molar refractivity (Wildman–Crippen MR) is 75.0 cm³/mol. The van der Waals surface area contributed by atoms with Crippen molar-refractivity contribution in [3.8, 4) is 0 Å². The zero-order valence-corrected chi connectivity index (χ0v) is 11.2. The molecule has 0 radical (unpaired) electrons. The third kappa shape index (κ3) is 5.65. The summed E-state index contributed by atoms with van der Waals surface area (Å²) in [6, 6.07) is 10.3. The molecule has 1 aromatic carbocycles. The maximum atomic E-state index is 9.10. The van der Waals surface area contributed by atoms with Gasteiger partial charge in [0.2, 0.25) is 0 Å². The molecule has 0 bridgehead atoms. The molecule has 1 aromatic rings. The van der Waals surface area contributed by atoms with Crippen molar-refractivity contribution in [3.63, 3.8) is 0 Å². The second-order valence-electron chi connectivity index (χ2n) is 4.66. The van der Waals surface area contributed by atoms with Gasteiger partial charge in [0.15, 0.2) is 5.11 Å². The van der Waals surface area contributed by atoms with E-state index < -0.39 is 0 Å². The van der Waals surface area contributed by atoms with Crippen LogP contribution in [0.15, 0.2) is 30.3 Å². The Morgan fingerprint density at radius 2 is 1.94 bits per heavy atom. The fraction of sp³-hybridized carbons (Fsp3) is 0.462. The number of hydrogen-bond acceptors (Lipinski definition) is 2. The molecule has 0 spiro atoms. The van der Waals surface area contributed by atoms with Crippen molar-refractivity contribution in [2.45, 2.75) is 25.8 Å². The smallest absolute Gasteiger partial charge is 0.166 e. The average Bonchev–Trinajstić information content (AvgIpc) is 2.30. The Bertz CT molecular complexity index is 352. The maximum absolute atomic E-state index is 9.10. The van der Waals surface area contributed by atoms with Gasteiger partial charge in [-0.15, -0.1) is 0 Å². The first-order valence-corrected chi connectivity index (χ1v) is 6.15. The van der Waals surface area contributed by atoms with Crippen LogP contribution in [0, 0.1) is 0 Å². The second kappa shape index (κ2) is 6.57. The lowest BCUT2D eigenvalue weighted by atomic mass is 10.1. The van der Waals surface area contributed by atoms with Gasteiger partial charge in [-0.1, -0.05) is 30.3 Å². The van der Waals surface area contributed by atoms with E-state index in [4.69, 9.17) is 17.3 Å². The Kier molecular flexibility index (Phi) is 5.38. The van der Waals surface area contributed by atoms with Gasteiger partial charge in [0, 0.05) is 6.54 Å². The summed E-state index contributed by atoms with van der Waals surface area (Å²) in [5.74, 6) is 0. The van der Waals surface area contributed by atoms with E-state index in [9.17, 15) is 0 Å². The van der Waals surface area contributed by atoms with E-state index in [0.717, 1.165) is 13.0 Å². The van der Waals surface area contributed by atoms with Crippen LogP contribution in [0.25, 0.3) is 0 Å². The molecule has 3 N–H and O–H groups in total. The Hall–Kier alpha value is -1.13. The molecule has 0 unspecified atom stereocenters. The van der Waals surface area contributed by atoms with Gasteiger partial charge < -0.3 is 15.7 Å². The summed E-state index contributed by atoms with van der Waals surface area (Å²) < 4.78 is 0. The lowest BCUT2D eigenvalue weighted by Crippen LogP contribution is -2.50. The van der Waals surface area contributed by atoms with E-state index in [-0.39, 0.29) is 12.1 Å². The van der Waals surface area contributed by atoms with Crippen LogP contribution in [0.3, 0.4) is 0 Å². The number of hydrogen-bond donors (Lipinski definition) is 3. The molecule has 0 aliphatic heterocycles. The zero-order valence-electron chi connectivity index (χ0n) is 10.4. The highest BCUT2D eigenvalue weighted by Crippen LogP contribution is 2.00. The largest absolute Gasteiger partial charge is 0.394 e. The Balaban J connectivity index is 2.25. The van der Waals surface area contributed by atoms with Crippen LogP contribution in [-0.4, -0.2) is 28.9 Å². The minimum absolute atomic E-state index is 0.0491. The van der Waals surface area contributed by atoms with Crippen molar-refractivity contribution < 1.29 is 5.11 Å². The van der Waals surface area contributed by atoms with Crippen LogP contribution in [0.5, 0.6) is 0 Å². The highest BCUT2D eigenvalue weighted by molar-refractivity contribution is 7.80. The molecule has 3 nitrogen and oxygen atoms in total. The number of aliphatic hydroxyl groups is 1. The van der Waals surface area contributed by atoms with Gasteiger partial charge in [-0.2, -0.15) is 0 Å². The summed E-state index contributed by atoms with van der Waals surface area (Å²) in [4.78, 5) is 0. The Labute approximate surface area is 108 Å². The molecule has 17 heavy (non-hydrogen) atoms. The zero-order chi connectivity index (χ0) is 12.7. The molecule has 0 saturated heterocycles. The van der Waals surface area contributed by atoms with Gasteiger partial charge in [-0.05, 0) is 38.0 Å². The van der Waals surface area contributed by atoms with Crippen molar-refractivity contribution in [2.75, 3.05) is 13.2 Å². The topological polar surface area (TPSA) is 44.3 Å². The normalized spacial score (nSPS) is 11.0. The third-order valence-electron chi connectivity index (χ3n) is 2.39. The van der Waals surface area contributed by atoms with Crippen LogP contribution < -0.4 is 10.6 Å². The predicted octanol–water partition coefficient (Wildman–Crippen LogP) is 1.46. The lowest BCUT2D eigenvalue weighted by Gasteiger charge is -2.25. The van der Waals surface area contributed by atoms with E-state index in [2.05, 4.69) is 22.8 Å². The van der Waals surface area contributed by atoms with E-state index in [1.807, 2.05) is 32.0 Å². The fourth-order valence-corrected chi connectivity index (χ4v) is 1.73. The van der Waals surface area contributed by atoms with Crippen LogP contribution in [0.1, 0.15) is 19.4 Å². The van der Waals surface area contributed by atoms with Crippen molar-refractivity contribution in [3.05, 3.63) is 35.9 Å². The van der Waals surface area contributed by atoms with Crippen molar-refractivity contribution in [1.29, 1.82) is 0 Å². The first-order valence-electron chi connectivity index (χ1n) is 5.74. The van der Waals surface area contributed by atoms with Gasteiger partial charge in [-0.25, -0.2) is 0 Å². The molecule has 0 atom stereocenters. The molecule has 94 valence electrons. The molecule has 1 rings (SSSR count). The van der Waals surface area contributed by atoms with Gasteiger partial charge in [0.25, 0.3) is 0 Å². The van der Waals surface area contributed by atoms with Gasteiger partial charge >= 0.3 is 0 Å². The first kappa shape index (κ1) is 13.9. The summed E-state index contributed by atoms with van der Waals surface area (Å²) in [5, 5.41) is 15.9. The Morgan fingerprint density at radius 3 is 2.53 bits per heavy atom. The van der Waals surface area contributed by atoms with E-state index >= 15 is 0 Å². The van der Waals surface area contributed by atoms with E-state index in [0.29, 0.717) is 5.11 Å². The molecule has 4 heteroatoms. The highest BCUT2D eigenvalue weighted by atomic mass is 32.1. The van der Waals surface area contributed by atoms with Crippen LogP contribution in [0.2, 0.25) is 0 Å². The SMILES string of the molecule is CC(C)(CO)NC(=S)NCCc1ccccc1. The van der Waals surface area contributed by atoms with Crippen LogP contribution in [0.4, 0.5) is 0 Å². The van der Waals surface area contributed by atoms with Gasteiger partial charge in [0.1, 0.15) is 0 Å². The summed E-state index contributed by atoms with van der Waals surface area (Å²) in [5.41, 5.74) is 0.904. The van der Waals surface area contributed by atoms with Crippen molar-refractivity contribution >= 4 is 17.3 Å². The maximum Gasteiger partial charge on any atom is 0.166 e. The monoisotopic (exact) mass is 252 g/mol.